The summed E-state index contributed by atoms with van der Waals surface area (Å²) in [7, 11) is 0. The van der Waals surface area contributed by atoms with Crippen LogP contribution in [0.5, 0.6) is 0 Å². The van der Waals surface area contributed by atoms with Crippen molar-refractivity contribution in [3.05, 3.63) is 35.4 Å². The lowest BCUT2D eigenvalue weighted by molar-refractivity contribution is -0.137. The van der Waals surface area contributed by atoms with E-state index in [4.69, 9.17) is 10.5 Å². The molecule has 0 aromatic heterocycles. The second-order valence-corrected chi connectivity index (χ2v) is 4.85. The minimum absolute atomic E-state index is 0.0488. The normalized spacial score (nSPS) is 15.1. The predicted molar refractivity (Wildman–Crippen MR) is 73.4 cm³/mol. The van der Waals surface area contributed by atoms with E-state index in [0.717, 1.165) is 30.5 Å². The van der Waals surface area contributed by atoms with Crippen LogP contribution in [0.3, 0.4) is 0 Å². The first kappa shape index (κ1) is 17.0. The van der Waals surface area contributed by atoms with Gasteiger partial charge in [-0.25, -0.2) is 0 Å². The molecule has 20 heavy (non-hydrogen) atoms. The van der Waals surface area contributed by atoms with E-state index in [1.807, 2.05) is 6.92 Å². The zero-order valence-corrected chi connectivity index (χ0v) is 11.9. The van der Waals surface area contributed by atoms with Gasteiger partial charge in [-0.3, -0.25) is 0 Å². The zero-order valence-electron chi connectivity index (χ0n) is 11.9. The predicted octanol–water partition coefficient (Wildman–Crippen LogP) is 3.78. The lowest BCUT2D eigenvalue weighted by Gasteiger charge is -2.23. The van der Waals surface area contributed by atoms with E-state index in [0.29, 0.717) is 13.0 Å². The van der Waals surface area contributed by atoms with Gasteiger partial charge in [0, 0.05) is 12.6 Å². The van der Waals surface area contributed by atoms with Gasteiger partial charge in [-0.05, 0) is 37.5 Å². The van der Waals surface area contributed by atoms with Crippen LogP contribution >= 0.6 is 0 Å². The number of rotatable bonds is 7. The van der Waals surface area contributed by atoms with Crippen LogP contribution < -0.4 is 5.73 Å². The summed E-state index contributed by atoms with van der Waals surface area (Å²) < 4.78 is 43.0. The molecule has 0 amide bonds. The fourth-order valence-corrected chi connectivity index (χ4v) is 2.15. The second-order valence-electron chi connectivity index (χ2n) is 4.85. The van der Waals surface area contributed by atoms with E-state index in [9.17, 15) is 13.2 Å². The molecule has 1 rings (SSSR count). The summed E-state index contributed by atoms with van der Waals surface area (Å²) in [5, 5.41) is 0. The third kappa shape index (κ3) is 5.13. The Hall–Kier alpha value is -1.07. The molecule has 2 nitrogen and oxygen atoms in total. The first-order valence-corrected chi connectivity index (χ1v) is 6.91. The molecule has 0 aliphatic heterocycles. The van der Waals surface area contributed by atoms with Crippen molar-refractivity contribution in [1.82, 2.24) is 0 Å². The largest absolute Gasteiger partial charge is 0.416 e. The highest BCUT2D eigenvalue weighted by Crippen LogP contribution is 2.29. The van der Waals surface area contributed by atoms with E-state index in [1.54, 1.807) is 0 Å². The Bertz CT molecular complexity index is 383. The average molecular weight is 289 g/mol. The van der Waals surface area contributed by atoms with Crippen molar-refractivity contribution in [3.63, 3.8) is 0 Å². The summed E-state index contributed by atoms with van der Waals surface area (Å²) in [5.74, 6) is 0. The van der Waals surface area contributed by atoms with Gasteiger partial charge >= 0.3 is 6.18 Å². The zero-order chi connectivity index (χ0) is 15.2. The first-order chi connectivity index (χ1) is 9.38. The molecule has 1 aromatic carbocycles. The van der Waals surface area contributed by atoms with Crippen molar-refractivity contribution in [1.29, 1.82) is 0 Å². The topological polar surface area (TPSA) is 35.2 Å². The van der Waals surface area contributed by atoms with Crippen LogP contribution in [0.4, 0.5) is 13.2 Å². The molecule has 0 spiro atoms. The van der Waals surface area contributed by atoms with E-state index >= 15 is 0 Å². The Labute approximate surface area is 118 Å². The Balaban J connectivity index is 2.67. The molecule has 0 saturated carbocycles. The molecule has 0 aliphatic carbocycles. The molecule has 2 N–H and O–H groups in total. The number of halogens is 3. The lowest BCUT2D eigenvalue weighted by atomic mass is 9.98. The fraction of sp³-hybridized carbons (Fsp3) is 0.600. The smallest absolute Gasteiger partial charge is 0.377 e. The summed E-state index contributed by atoms with van der Waals surface area (Å²) in [4.78, 5) is 0. The van der Waals surface area contributed by atoms with Crippen LogP contribution in [0.25, 0.3) is 0 Å². The van der Waals surface area contributed by atoms with Crippen LogP contribution in [0.2, 0.25) is 0 Å². The molecular weight excluding hydrogens is 267 g/mol. The van der Waals surface area contributed by atoms with Crippen LogP contribution in [0.15, 0.2) is 24.3 Å². The Morgan fingerprint density at radius 3 is 2.20 bits per heavy atom. The second kappa shape index (κ2) is 7.64. The molecule has 114 valence electrons. The number of alkyl halides is 3. The fourth-order valence-electron chi connectivity index (χ4n) is 2.15. The maximum Gasteiger partial charge on any atom is 0.416 e. The number of nitrogens with two attached hydrogens (primary N) is 1. The highest BCUT2D eigenvalue weighted by atomic mass is 19.4. The highest BCUT2D eigenvalue weighted by molar-refractivity contribution is 5.25. The van der Waals surface area contributed by atoms with E-state index in [1.165, 1.54) is 12.1 Å². The number of hydrogen-bond acceptors (Lipinski definition) is 2. The molecular formula is C15H22F3NO. The first-order valence-electron chi connectivity index (χ1n) is 6.91. The molecule has 2 atom stereocenters. The summed E-state index contributed by atoms with van der Waals surface area (Å²) >= 11 is 0. The third-order valence-corrected chi connectivity index (χ3v) is 3.18. The molecule has 0 radical (unpaired) electrons. The van der Waals surface area contributed by atoms with Gasteiger partial charge in [0.15, 0.2) is 0 Å². The summed E-state index contributed by atoms with van der Waals surface area (Å²) in [6.07, 6.45) is -2.01. The molecule has 0 saturated heterocycles. The molecule has 0 fully saturated rings. The van der Waals surface area contributed by atoms with Crippen molar-refractivity contribution in [3.8, 4) is 0 Å². The minimum Gasteiger partial charge on any atom is -0.377 e. The van der Waals surface area contributed by atoms with Crippen molar-refractivity contribution in [2.45, 2.75) is 51.4 Å². The summed E-state index contributed by atoms with van der Waals surface area (Å²) in [5.41, 5.74) is 6.26. The summed E-state index contributed by atoms with van der Waals surface area (Å²) in [6.45, 7) is 4.55. The maximum absolute atomic E-state index is 12.5. The quantitative estimate of drug-likeness (QED) is 0.829. The molecule has 0 heterocycles. The van der Waals surface area contributed by atoms with Crippen LogP contribution in [-0.4, -0.2) is 18.8 Å². The van der Waals surface area contributed by atoms with Gasteiger partial charge in [-0.2, -0.15) is 13.2 Å². The number of hydrogen-bond donors (Lipinski definition) is 1. The van der Waals surface area contributed by atoms with Crippen LogP contribution in [0, 0.1) is 0 Å². The molecule has 2 unspecified atom stereocenters. The molecule has 5 heteroatoms. The Morgan fingerprint density at radius 2 is 1.75 bits per heavy atom. The van der Waals surface area contributed by atoms with Gasteiger partial charge in [0.2, 0.25) is 0 Å². The van der Waals surface area contributed by atoms with E-state index in [-0.39, 0.29) is 12.1 Å². The minimum atomic E-state index is -4.29. The highest BCUT2D eigenvalue weighted by Gasteiger charge is 2.30. The average Bonchev–Trinajstić information content (AvgIpc) is 2.38. The maximum atomic E-state index is 12.5. The Kier molecular flexibility index (Phi) is 6.49. The van der Waals surface area contributed by atoms with E-state index in [2.05, 4.69) is 6.92 Å². The lowest BCUT2D eigenvalue weighted by Crippen LogP contribution is -2.38. The third-order valence-electron chi connectivity index (χ3n) is 3.18. The van der Waals surface area contributed by atoms with Crippen molar-refractivity contribution in [2.24, 2.45) is 5.73 Å². The van der Waals surface area contributed by atoms with Gasteiger partial charge in [0.05, 0.1) is 11.7 Å². The van der Waals surface area contributed by atoms with Gasteiger partial charge in [0.1, 0.15) is 0 Å². The number of ether oxygens (including phenoxy) is 1. The molecule has 1 aromatic rings. The van der Waals surface area contributed by atoms with Crippen molar-refractivity contribution < 1.29 is 17.9 Å². The van der Waals surface area contributed by atoms with Crippen molar-refractivity contribution in [2.75, 3.05) is 6.61 Å². The Morgan fingerprint density at radius 1 is 1.15 bits per heavy atom. The van der Waals surface area contributed by atoms with Crippen LogP contribution in [-0.2, 0) is 17.3 Å². The van der Waals surface area contributed by atoms with Crippen molar-refractivity contribution >= 4 is 0 Å². The van der Waals surface area contributed by atoms with Gasteiger partial charge < -0.3 is 10.5 Å². The van der Waals surface area contributed by atoms with Crippen LogP contribution in [0.1, 0.15) is 37.8 Å². The van der Waals surface area contributed by atoms with Gasteiger partial charge in [-0.1, -0.05) is 25.5 Å². The standard InChI is InChI=1S/C15H22F3NO/c1-3-5-14(20-4-2)13(19)10-11-6-8-12(9-7-11)15(16,17)18/h6-9,13-14H,3-5,10,19H2,1-2H3. The molecule has 0 aliphatic rings. The van der Waals surface area contributed by atoms with Gasteiger partial charge in [-0.15, -0.1) is 0 Å². The SMILES string of the molecule is CCCC(OCC)C(N)Cc1ccc(C(F)(F)F)cc1. The summed E-state index contributed by atoms with van der Waals surface area (Å²) in [6, 6.07) is 4.95. The monoisotopic (exact) mass is 289 g/mol. The number of benzene rings is 1. The van der Waals surface area contributed by atoms with E-state index < -0.39 is 11.7 Å². The van der Waals surface area contributed by atoms with Gasteiger partial charge in [0.25, 0.3) is 0 Å². The molecule has 0 bridgehead atoms.